The molecule has 4 unspecified atom stereocenters. The number of halogens is 1. The van der Waals surface area contributed by atoms with Crippen molar-refractivity contribution in [3.63, 3.8) is 0 Å². The van der Waals surface area contributed by atoms with Gasteiger partial charge in [0, 0.05) is 15.4 Å². The summed E-state index contributed by atoms with van der Waals surface area (Å²) < 4.78 is 1.21. The van der Waals surface area contributed by atoms with Crippen molar-refractivity contribution in [1.29, 1.82) is 0 Å². The molecule has 0 bridgehead atoms. The van der Waals surface area contributed by atoms with Crippen LogP contribution in [0.2, 0.25) is 0 Å². The first-order valence-corrected chi connectivity index (χ1v) is 8.91. The van der Waals surface area contributed by atoms with Crippen LogP contribution < -0.4 is 5.73 Å². The highest BCUT2D eigenvalue weighted by molar-refractivity contribution is 9.10. The SMILES string of the molecule is NC(c1sccc1Br)C1CCC2CCCCC2C1. The van der Waals surface area contributed by atoms with E-state index in [4.69, 9.17) is 5.73 Å². The first-order valence-electron chi connectivity index (χ1n) is 7.24. The van der Waals surface area contributed by atoms with Crippen molar-refractivity contribution in [1.82, 2.24) is 0 Å². The number of thiophene rings is 1. The van der Waals surface area contributed by atoms with Crippen molar-refractivity contribution in [3.05, 3.63) is 20.8 Å². The van der Waals surface area contributed by atoms with Gasteiger partial charge in [0.15, 0.2) is 0 Å². The molecule has 0 spiro atoms. The van der Waals surface area contributed by atoms with Gasteiger partial charge in [-0.15, -0.1) is 11.3 Å². The molecule has 3 rings (SSSR count). The second-order valence-electron chi connectivity index (χ2n) is 6.04. The minimum Gasteiger partial charge on any atom is -0.323 e. The Hall–Kier alpha value is 0.140. The van der Waals surface area contributed by atoms with Crippen LogP contribution in [0.4, 0.5) is 0 Å². The maximum Gasteiger partial charge on any atom is 0.0429 e. The summed E-state index contributed by atoms with van der Waals surface area (Å²) in [5.74, 6) is 2.70. The molecule has 0 amide bonds. The maximum atomic E-state index is 6.52. The van der Waals surface area contributed by atoms with E-state index in [0.717, 1.165) is 11.8 Å². The summed E-state index contributed by atoms with van der Waals surface area (Å²) in [4.78, 5) is 1.36. The summed E-state index contributed by atoms with van der Waals surface area (Å²) in [7, 11) is 0. The normalized spacial score (nSPS) is 34.0. The van der Waals surface area contributed by atoms with Gasteiger partial charge in [0.2, 0.25) is 0 Å². The van der Waals surface area contributed by atoms with E-state index in [-0.39, 0.29) is 6.04 Å². The number of hydrogen-bond donors (Lipinski definition) is 1. The van der Waals surface area contributed by atoms with Crippen LogP contribution >= 0.6 is 27.3 Å². The Labute approximate surface area is 122 Å². The minimum absolute atomic E-state index is 0.252. The maximum absolute atomic E-state index is 6.52. The van der Waals surface area contributed by atoms with E-state index in [1.807, 2.05) is 11.3 Å². The number of nitrogens with two attached hydrogens (primary N) is 1. The number of hydrogen-bond acceptors (Lipinski definition) is 2. The van der Waals surface area contributed by atoms with Crippen LogP contribution in [0.5, 0.6) is 0 Å². The molecular weight excluding hydrogens is 306 g/mol. The fourth-order valence-electron chi connectivity index (χ4n) is 3.99. The predicted octanol–water partition coefficient (Wildman–Crippen LogP) is 5.12. The average Bonchev–Trinajstić information content (AvgIpc) is 2.83. The molecule has 3 heteroatoms. The van der Waals surface area contributed by atoms with Crippen LogP contribution in [0.25, 0.3) is 0 Å². The standard InChI is InChI=1S/C15H22BrNS/c16-13-7-8-18-15(13)14(17)12-6-5-10-3-1-2-4-11(10)9-12/h7-8,10-12,14H,1-6,9,17H2. The molecule has 2 N–H and O–H groups in total. The Bertz CT molecular complexity index is 403. The van der Waals surface area contributed by atoms with E-state index in [1.54, 1.807) is 0 Å². The Balaban J connectivity index is 1.68. The molecule has 1 aromatic heterocycles. The molecular formula is C15H22BrNS. The van der Waals surface area contributed by atoms with Crippen molar-refractivity contribution in [3.8, 4) is 0 Å². The number of rotatable bonds is 2. The number of fused-ring (bicyclic) bond motifs is 1. The third kappa shape index (κ3) is 2.54. The first kappa shape index (κ1) is 13.1. The summed E-state index contributed by atoms with van der Waals surface area (Å²) in [5.41, 5.74) is 6.52. The van der Waals surface area contributed by atoms with Gasteiger partial charge in [0.05, 0.1) is 0 Å². The van der Waals surface area contributed by atoms with Gasteiger partial charge in [0.25, 0.3) is 0 Å². The van der Waals surface area contributed by atoms with E-state index in [9.17, 15) is 0 Å². The molecule has 4 atom stereocenters. The van der Waals surface area contributed by atoms with Gasteiger partial charge < -0.3 is 5.73 Å². The molecule has 1 heterocycles. The second kappa shape index (κ2) is 5.64. The average molecular weight is 328 g/mol. The van der Waals surface area contributed by atoms with Crippen molar-refractivity contribution >= 4 is 27.3 Å². The zero-order valence-corrected chi connectivity index (χ0v) is 13.2. The van der Waals surface area contributed by atoms with E-state index < -0.39 is 0 Å². The zero-order chi connectivity index (χ0) is 12.5. The van der Waals surface area contributed by atoms with Gasteiger partial charge in [-0.1, -0.05) is 25.7 Å². The lowest BCUT2D eigenvalue weighted by molar-refractivity contribution is 0.118. The van der Waals surface area contributed by atoms with E-state index >= 15 is 0 Å². The summed E-state index contributed by atoms with van der Waals surface area (Å²) in [6.45, 7) is 0. The smallest absolute Gasteiger partial charge is 0.0429 e. The van der Waals surface area contributed by atoms with E-state index in [1.165, 1.54) is 54.3 Å². The van der Waals surface area contributed by atoms with Crippen LogP contribution in [-0.2, 0) is 0 Å². The summed E-state index contributed by atoms with van der Waals surface area (Å²) >= 11 is 5.44. The highest BCUT2D eigenvalue weighted by atomic mass is 79.9. The lowest BCUT2D eigenvalue weighted by Gasteiger charge is -2.41. The first-order chi connectivity index (χ1) is 8.75. The fourth-order valence-corrected chi connectivity index (χ4v) is 5.73. The molecule has 0 aliphatic heterocycles. The molecule has 0 aromatic carbocycles. The Morgan fingerprint density at radius 3 is 2.67 bits per heavy atom. The van der Waals surface area contributed by atoms with Gasteiger partial charge in [-0.2, -0.15) is 0 Å². The Kier molecular flexibility index (Phi) is 4.12. The molecule has 1 aromatic rings. The molecule has 1 nitrogen and oxygen atoms in total. The van der Waals surface area contributed by atoms with Crippen LogP contribution in [0.15, 0.2) is 15.9 Å². The lowest BCUT2D eigenvalue weighted by atomic mass is 9.66. The molecule has 2 saturated carbocycles. The van der Waals surface area contributed by atoms with Crippen LogP contribution in [0.3, 0.4) is 0 Å². The van der Waals surface area contributed by atoms with Crippen molar-refractivity contribution in [2.24, 2.45) is 23.5 Å². The van der Waals surface area contributed by atoms with Crippen molar-refractivity contribution in [2.75, 3.05) is 0 Å². The van der Waals surface area contributed by atoms with Gasteiger partial charge in [-0.3, -0.25) is 0 Å². The molecule has 0 radical (unpaired) electrons. The zero-order valence-electron chi connectivity index (χ0n) is 10.8. The van der Waals surface area contributed by atoms with Crippen LogP contribution in [0.1, 0.15) is 55.9 Å². The highest BCUT2D eigenvalue weighted by Crippen LogP contribution is 2.46. The molecule has 18 heavy (non-hydrogen) atoms. The topological polar surface area (TPSA) is 26.0 Å². The Morgan fingerprint density at radius 2 is 1.94 bits per heavy atom. The van der Waals surface area contributed by atoms with Gasteiger partial charge in [0.1, 0.15) is 0 Å². The summed E-state index contributed by atoms with van der Waals surface area (Å²) in [5, 5.41) is 2.14. The van der Waals surface area contributed by atoms with Crippen LogP contribution in [-0.4, -0.2) is 0 Å². The van der Waals surface area contributed by atoms with Gasteiger partial charge >= 0.3 is 0 Å². The molecule has 0 saturated heterocycles. The summed E-state index contributed by atoms with van der Waals surface area (Å²) in [6.07, 6.45) is 9.99. The van der Waals surface area contributed by atoms with E-state index in [0.29, 0.717) is 5.92 Å². The second-order valence-corrected chi connectivity index (χ2v) is 7.84. The van der Waals surface area contributed by atoms with Gasteiger partial charge in [-0.25, -0.2) is 0 Å². The quantitative estimate of drug-likeness (QED) is 0.801. The monoisotopic (exact) mass is 327 g/mol. The highest BCUT2D eigenvalue weighted by Gasteiger charge is 2.35. The summed E-state index contributed by atoms with van der Waals surface area (Å²) in [6, 6.07) is 2.38. The van der Waals surface area contributed by atoms with Gasteiger partial charge in [-0.05, 0) is 64.4 Å². The molecule has 2 aliphatic rings. The van der Waals surface area contributed by atoms with Crippen LogP contribution in [0, 0.1) is 17.8 Å². The fraction of sp³-hybridized carbons (Fsp3) is 0.733. The lowest BCUT2D eigenvalue weighted by Crippen LogP contribution is -2.32. The van der Waals surface area contributed by atoms with E-state index in [2.05, 4.69) is 27.4 Å². The molecule has 100 valence electrons. The minimum atomic E-state index is 0.252. The third-order valence-electron chi connectivity index (χ3n) is 5.04. The Morgan fingerprint density at radius 1 is 1.17 bits per heavy atom. The third-order valence-corrected chi connectivity index (χ3v) is 7.01. The predicted molar refractivity (Wildman–Crippen MR) is 81.7 cm³/mol. The van der Waals surface area contributed by atoms with Crippen molar-refractivity contribution < 1.29 is 0 Å². The largest absolute Gasteiger partial charge is 0.323 e. The molecule has 2 fully saturated rings. The molecule has 2 aliphatic carbocycles. The van der Waals surface area contributed by atoms with Crippen molar-refractivity contribution in [2.45, 2.75) is 51.0 Å².